The summed E-state index contributed by atoms with van der Waals surface area (Å²) in [4.78, 5) is 26.0. The van der Waals surface area contributed by atoms with Gasteiger partial charge in [-0.3, -0.25) is 4.79 Å². The molecule has 0 aliphatic carbocycles. The Bertz CT molecular complexity index is 920. The van der Waals surface area contributed by atoms with Gasteiger partial charge in [0.1, 0.15) is 4.88 Å². The van der Waals surface area contributed by atoms with E-state index in [4.69, 9.17) is 16.3 Å². The number of esters is 1. The third kappa shape index (κ3) is 4.12. The minimum Gasteiger partial charge on any atom is -0.462 e. The first-order chi connectivity index (χ1) is 12.6. The molecule has 0 spiro atoms. The van der Waals surface area contributed by atoms with E-state index in [1.54, 1.807) is 37.3 Å². The lowest BCUT2D eigenvalue weighted by atomic mass is 10.2. The van der Waals surface area contributed by atoms with E-state index < -0.39 is 5.97 Å². The van der Waals surface area contributed by atoms with Crippen LogP contribution in [0.5, 0.6) is 0 Å². The van der Waals surface area contributed by atoms with Gasteiger partial charge in [-0.25, -0.2) is 4.79 Å². The minimum absolute atomic E-state index is 0.266. The molecule has 6 heteroatoms. The normalized spacial score (nSPS) is 10.4. The van der Waals surface area contributed by atoms with Crippen LogP contribution >= 0.6 is 22.9 Å². The van der Waals surface area contributed by atoms with Crippen molar-refractivity contribution >= 4 is 40.5 Å². The molecule has 0 unspecified atom stereocenters. The number of ether oxygens (including phenoxy) is 1. The summed E-state index contributed by atoms with van der Waals surface area (Å²) in [5.41, 5.74) is 1.86. The van der Waals surface area contributed by atoms with Crippen molar-refractivity contribution in [3.8, 4) is 10.4 Å². The number of amides is 1. The van der Waals surface area contributed by atoms with Gasteiger partial charge in [0.05, 0.1) is 12.3 Å². The van der Waals surface area contributed by atoms with Crippen LogP contribution in [0.15, 0.2) is 60.7 Å². The first kappa shape index (κ1) is 18.2. The molecule has 3 rings (SSSR count). The van der Waals surface area contributed by atoms with Crippen molar-refractivity contribution in [2.75, 3.05) is 11.9 Å². The van der Waals surface area contributed by atoms with E-state index in [0.29, 0.717) is 21.2 Å². The molecule has 132 valence electrons. The number of carbonyl (C=O) groups is 2. The second kappa shape index (κ2) is 8.17. The molecule has 1 amide bonds. The number of hydrogen-bond donors (Lipinski definition) is 1. The Kier molecular flexibility index (Phi) is 5.71. The van der Waals surface area contributed by atoms with E-state index in [0.717, 1.165) is 10.4 Å². The van der Waals surface area contributed by atoms with Crippen LogP contribution in [-0.2, 0) is 4.74 Å². The third-order valence-corrected chi connectivity index (χ3v) is 5.02. The highest BCUT2D eigenvalue weighted by Gasteiger charge is 2.20. The third-order valence-electron chi connectivity index (χ3n) is 3.61. The molecular weight excluding hydrogens is 370 g/mol. The summed E-state index contributed by atoms with van der Waals surface area (Å²) in [7, 11) is 0. The van der Waals surface area contributed by atoms with E-state index in [9.17, 15) is 9.59 Å². The standard InChI is InChI=1S/C20H16ClNO3S/c1-2-25-20(24)18-16(12-17(26-18)13-6-4-3-5-7-13)22-19(23)14-8-10-15(21)11-9-14/h3-12H,2H2,1H3,(H,22,23). The summed E-state index contributed by atoms with van der Waals surface area (Å²) >= 11 is 7.15. The highest BCUT2D eigenvalue weighted by atomic mass is 35.5. The van der Waals surface area contributed by atoms with Crippen molar-refractivity contribution < 1.29 is 14.3 Å². The minimum atomic E-state index is -0.453. The number of benzene rings is 2. The van der Waals surface area contributed by atoms with Crippen molar-refractivity contribution in [2.45, 2.75) is 6.92 Å². The number of carbonyl (C=O) groups excluding carboxylic acids is 2. The predicted octanol–water partition coefficient (Wildman–Crippen LogP) is 5.50. The predicted molar refractivity (Wildman–Crippen MR) is 105 cm³/mol. The number of anilines is 1. The fraction of sp³-hybridized carbons (Fsp3) is 0.100. The Morgan fingerprint density at radius 3 is 2.42 bits per heavy atom. The average molecular weight is 386 g/mol. The highest BCUT2D eigenvalue weighted by Crippen LogP contribution is 2.35. The molecule has 0 radical (unpaired) electrons. The Morgan fingerprint density at radius 2 is 1.77 bits per heavy atom. The maximum absolute atomic E-state index is 12.5. The van der Waals surface area contributed by atoms with Gasteiger partial charge in [0, 0.05) is 15.5 Å². The number of halogens is 1. The molecule has 1 N–H and O–H groups in total. The quantitative estimate of drug-likeness (QED) is 0.590. The summed E-state index contributed by atoms with van der Waals surface area (Å²) < 4.78 is 5.12. The van der Waals surface area contributed by atoms with Crippen molar-refractivity contribution in [2.24, 2.45) is 0 Å². The average Bonchev–Trinajstić information content (AvgIpc) is 3.07. The second-order valence-corrected chi connectivity index (χ2v) is 6.89. The second-order valence-electron chi connectivity index (χ2n) is 5.40. The Morgan fingerprint density at radius 1 is 1.08 bits per heavy atom. The first-order valence-corrected chi connectivity index (χ1v) is 9.21. The number of thiophene rings is 1. The van der Waals surface area contributed by atoms with Gasteiger partial charge in [-0.2, -0.15) is 0 Å². The molecule has 0 aliphatic rings. The fourth-order valence-electron chi connectivity index (χ4n) is 2.37. The van der Waals surface area contributed by atoms with Crippen LogP contribution in [-0.4, -0.2) is 18.5 Å². The monoisotopic (exact) mass is 385 g/mol. The van der Waals surface area contributed by atoms with E-state index in [2.05, 4.69) is 5.32 Å². The maximum atomic E-state index is 12.5. The summed E-state index contributed by atoms with van der Waals surface area (Å²) in [5, 5.41) is 3.35. The molecule has 26 heavy (non-hydrogen) atoms. The van der Waals surface area contributed by atoms with Crippen molar-refractivity contribution in [1.29, 1.82) is 0 Å². The van der Waals surface area contributed by atoms with Gasteiger partial charge in [0.25, 0.3) is 5.91 Å². The Hall–Kier alpha value is -2.63. The topological polar surface area (TPSA) is 55.4 Å². The maximum Gasteiger partial charge on any atom is 0.350 e. The fourth-order valence-corrected chi connectivity index (χ4v) is 3.51. The van der Waals surface area contributed by atoms with E-state index in [-0.39, 0.29) is 12.5 Å². The van der Waals surface area contributed by atoms with Gasteiger partial charge >= 0.3 is 5.97 Å². The zero-order valence-corrected chi connectivity index (χ0v) is 15.6. The molecule has 3 aromatic rings. The molecule has 0 atom stereocenters. The molecule has 1 aromatic heterocycles. The molecule has 2 aromatic carbocycles. The van der Waals surface area contributed by atoms with Crippen LogP contribution in [0.3, 0.4) is 0 Å². The van der Waals surface area contributed by atoms with Crippen molar-refractivity contribution in [3.63, 3.8) is 0 Å². The lowest BCUT2D eigenvalue weighted by Crippen LogP contribution is -2.14. The lowest BCUT2D eigenvalue weighted by molar-refractivity contribution is 0.0533. The van der Waals surface area contributed by atoms with Crippen LogP contribution in [0.2, 0.25) is 5.02 Å². The van der Waals surface area contributed by atoms with Crippen molar-refractivity contribution in [3.05, 3.63) is 76.1 Å². The van der Waals surface area contributed by atoms with Crippen LogP contribution in [0.25, 0.3) is 10.4 Å². The molecule has 1 heterocycles. The zero-order chi connectivity index (χ0) is 18.5. The molecule has 0 aliphatic heterocycles. The smallest absolute Gasteiger partial charge is 0.350 e. The first-order valence-electron chi connectivity index (χ1n) is 8.01. The zero-order valence-electron chi connectivity index (χ0n) is 14.0. The molecule has 0 bridgehead atoms. The van der Waals surface area contributed by atoms with Crippen molar-refractivity contribution in [1.82, 2.24) is 0 Å². The molecule has 4 nitrogen and oxygen atoms in total. The lowest BCUT2D eigenvalue weighted by Gasteiger charge is -2.06. The van der Waals surface area contributed by atoms with Crippen LogP contribution in [0.1, 0.15) is 27.0 Å². The van der Waals surface area contributed by atoms with Gasteiger partial charge in [0.2, 0.25) is 0 Å². The highest BCUT2D eigenvalue weighted by molar-refractivity contribution is 7.18. The van der Waals surface area contributed by atoms with Crippen LogP contribution in [0.4, 0.5) is 5.69 Å². The van der Waals surface area contributed by atoms with Crippen LogP contribution < -0.4 is 5.32 Å². The van der Waals surface area contributed by atoms with Crippen LogP contribution in [0, 0.1) is 0 Å². The van der Waals surface area contributed by atoms with Gasteiger partial charge in [0.15, 0.2) is 0 Å². The summed E-state index contributed by atoms with van der Waals surface area (Å²) in [6.07, 6.45) is 0. The molecule has 0 saturated heterocycles. The van der Waals surface area contributed by atoms with E-state index in [1.165, 1.54) is 11.3 Å². The van der Waals surface area contributed by atoms with E-state index >= 15 is 0 Å². The summed E-state index contributed by atoms with van der Waals surface area (Å²) in [6.45, 7) is 2.01. The largest absolute Gasteiger partial charge is 0.462 e. The summed E-state index contributed by atoms with van der Waals surface area (Å²) in [6, 6.07) is 18.0. The van der Waals surface area contributed by atoms with Gasteiger partial charge in [-0.1, -0.05) is 41.9 Å². The molecular formula is C20H16ClNO3S. The summed E-state index contributed by atoms with van der Waals surface area (Å²) in [5.74, 6) is -0.768. The number of hydrogen-bond acceptors (Lipinski definition) is 4. The Balaban J connectivity index is 1.93. The van der Waals surface area contributed by atoms with Gasteiger partial charge < -0.3 is 10.1 Å². The van der Waals surface area contributed by atoms with E-state index in [1.807, 2.05) is 30.3 Å². The number of nitrogens with one attached hydrogen (secondary N) is 1. The molecule has 0 saturated carbocycles. The van der Waals surface area contributed by atoms with Gasteiger partial charge in [-0.05, 0) is 42.8 Å². The SMILES string of the molecule is CCOC(=O)c1sc(-c2ccccc2)cc1NC(=O)c1ccc(Cl)cc1. The molecule has 0 fully saturated rings. The Labute approximate surface area is 160 Å². The number of rotatable bonds is 5. The van der Waals surface area contributed by atoms with Gasteiger partial charge in [-0.15, -0.1) is 11.3 Å².